The number of hydrogen-bond donors (Lipinski definition) is 3. The summed E-state index contributed by atoms with van der Waals surface area (Å²) in [6, 6.07) is 8.29. The van der Waals surface area contributed by atoms with Gasteiger partial charge in [0, 0.05) is 48.1 Å². The first kappa shape index (κ1) is 19.0. The summed E-state index contributed by atoms with van der Waals surface area (Å²) in [6.45, 7) is 1.84. The van der Waals surface area contributed by atoms with Crippen LogP contribution in [0.1, 0.15) is 43.4 Å². The van der Waals surface area contributed by atoms with E-state index in [1.165, 1.54) is 10.9 Å². The fraction of sp³-hybridized carbons (Fsp3) is 0.545. The number of aromatic nitrogens is 1. The smallest absolute Gasteiger partial charge is 0.226 e. The van der Waals surface area contributed by atoms with Gasteiger partial charge in [-0.25, -0.2) is 0 Å². The molecular formula is C22H29N3O3. The summed E-state index contributed by atoms with van der Waals surface area (Å²) >= 11 is 0. The zero-order valence-electron chi connectivity index (χ0n) is 16.2. The number of carbonyl (C=O) groups excluding carboxylic acids is 2. The highest BCUT2D eigenvalue weighted by Gasteiger charge is 2.38. The van der Waals surface area contributed by atoms with Gasteiger partial charge in [0.25, 0.3) is 0 Å². The van der Waals surface area contributed by atoms with Gasteiger partial charge in [-0.15, -0.1) is 0 Å². The second kappa shape index (κ2) is 8.35. The molecule has 2 unspecified atom stereocenters. The lowest BCUT2D eigenvalue weighted by Gasteiger charge is -2.35. The van der Waals surface area contributed by atoms with Gasteiger partial charge in [-0.05, 0) is 37.3 Å². The first-order chi connectivity index (χ1) is 13.7. The highest BCUT2D eigenvalue weighted by atomic mass is 16.3. The lowest BCUT2D eigenvalue weighted by Crippen LogP contribution is -2.47. The number of para-hydroxylation sites is 1. The molecule has 0 saturated heterocycles. The molecule has 2 heterocycles. The largest absolute Gasteiger partial charge is 0.396 e. The summed E-state index contributed by atoms with van der Waals surface area (Å²) in [5.41, 5.74) is 3.57. The van der Waals surface area contributed by atoms with Crippen LogP contribution in [0.15, 0.2) is 24.3 Å². The number of aliphatic hydroxyl groups is 1. The van der Waals surface area contributed by atoms with Crippen LogP contribution in [0.3, 0.4) is 0 Å². The molecular weight excluding hydrogens is 354 g/mol. The van der Waals surface area contributed by atoms with Crippen molar-refractivity contribution in [1.82, 2.24) is 15.2 Å². The first-order valence-corrected chi connectivity index (χ1v) is 10.4. The molecule has 1 aromatic carbocycles. The Kier molecular flexibility index (Phi) is 5.67. The highest BCUT2D eigenvalue weighted by molar-refractivity contribution is 5.89. The molecule has 0 radical (unpaired) electrons. The number of fused-ring (bicyclic) bond motifs is 3. The molecule has 0 bridgehead atoms. The average Bonchev–Trinajstić information content (AvgIpc) is 3.11. The molecule has 1 aliphatic heterocycles. The quantitative estimate of drug-likeness (QED) is 0.693. The third-order valence-electron chi connectivity index (χ3n) is 6.25. The highest BCUT2D eigenvalue weighted by Crippen LogP contribution is 2.34. The number of amides is 2. The summed E-state index contributed by atoms with van der Waals surface area (Å²) in [5.74, 6) is -0.390. The van der Waals surface area contributed by atoms with Crippen LogP contribution in [0.25, 0.3) is 10.9 Å². The number of H-pyrrole nitrogens is 1. The van der Waals surface area contributed by atoms with Crippen LogP contribution >= 0.6 is 0 Å². The van der Waals surface area contributed by atoms with Gasteiger partial charge < -0.3 is 20.3 Å². The number of benzene rings is 1. The Morgan fingerprint density at radius 1 is 1.18 bits per heavy atom. The lowest BCUT2D eigenvalue weighted by molar-refractivity contribution is -0.144. The van der Waals surface area contributed by atoms with E-state index in [1.54, 1.807) is 0 Å². The predicted molar refractivity (Wildman–Crippen MR) is 108 cm³/mol. The van der Waals surface area contributed by atoms with Gasteiger partial charge in [0.15, 0.2) is 0 Å². The van der Waals surface area contributed by atoms with Crippen LogP contribution in [0, 0.1) is 11.8 Å². The fourth-order valence-corrected chi connectivity index (χ4v) is 4.78. The topological polar surface area (TPSA) is 85.4 Å². The van der Waals surface area contributed by atoms with E-state index in [9.17, 15) is 9.59 Å². The summed E-state index contributed by atoms with van der Waals surface area (Å²) in [4.78, 5) is 31.3. The summed E-state index contributed by atoms with van der Waals surface area (Å²) in [5, 5.41) is 13.1. The molecule has 2 amide bonds. The molecule has 28 heavy (non-hydrogen) atoms. The predicted octanol–water partition coefficient (Wildman–Crippen LogP) is 2.36. The monoisotopic (exact) mass is 383 g/mol. The number of rotatable bonds is 5. The minimum Gasteiger partial charge on any atom is -0.396 e. The summed E-state index contributed by atoms with van der Waals surface area (Å²) in [7, 11) is 0. The third kappa shape index (κ3) is 3.65. The van der Waals surface area contributed by atoms with Crippen LogP contribution in [0.4, 0.5) is 0 Å². The molecule has 0 spiro atoms. The van der Waals surface area contributed by atoms with Crippen LogP contribution in [0.5, 0.6) is 0 Å². The summed E-state index contributed by atoms with van der Waals surface area (Å²) in [6.07, 6.45) is 4.95. The molecule has 4 rings (SSSR count). The van der Waals surface area contributed by atoms with Gasteiger partial charge in [0.05, 0.1) is 6.54 Å². The zero-order valence-corrected chi connectivity index (χ0v) is 16.2. The van der Waals surface area contributed by atoms with Crippen molar-refractivity contribution in [3.8, 4) is 0 Å². The third-order valence-corrected chi connectivity index (χ3v) is 6.25. The molecule has 1 saturated carbocycles. The second-order valence-corrected chi connectivity index (χ2v) is 8.00. The van der Waals surface area contributed by atoms with Gasteiger partial charge in [-0.3, -0.25) is 9.59 Å². The van der Waals surface area contributed by atoms with Gasteiger partial charge in [0.1, 0.15) is 0 Å². The second-order valence-electron chi connectivity index (χ2n) is 8.00. The van der Waals surface area contributed by atoms with E-state index in [0.717, 1.165) is 43.3 Å². The molecule has 1 aromatic heterocycles. The van der Waals surface area contributed by atoms with Gasteiger partial charge in [-0.1, -0.05) is 31.0 Å². The molecule has 2 aromatic rings. The Bertz CT molecular complexity index is 860. The van der Waals surface area contributed by atoms with Crippen molar-refractivity contribution in [3.63, 3.8) is 0 Å². The molecule has 1 fully saturated rings. The maximum Gasteiger partial charge on any atom is 0.226 e. The van der Waals surface area contributed by atoms with E-state index in [0.29, 0.717) is 26.1 Å². The van der Waals surface area contributed by atoms with Crippen molar-refractivity contribution >= 4 is 22.7 Å². The van der Waals surface area contributed by atoms with Crippen LogP contribution in [-0.4, -0.2) is 46.5 Å². The average molecular weight is 383 g/mol. The van der Waals surface area contributed by atoms with Gasteiger partial charge in [0.2, 0.25) is 11.8 Å². The molecule has 1 aliphatic carbocycles. The molecule has 3 N–H and O–H groups in total. The van der Waals surface area contributed by atoms with E-state index in [-0.39, 0.29) is 30.3 Å². The molecule has 2 atom stereocenters. The minimum atomic E-state index is -0.246. The normalized spacial score (nSPS) is 22.1. The minimum absolute atomic E-state index is 0.0326. The summed E-state index contributed by atoms with van der Waals surface area (Å²) < 4.78 is 0. The van der Waals surface area contributed by atoms with E-state index in [1.807, 2.05) is 11.0 Å². The molecule has 2 aliphatic rings. The number of carbonyl (C=O) groups is 2. The van der Waals surface area contributed by atoms with E-state index in [4.69, 9.17) is 5.11 Å². The lowest BCUT2D eigenvalue weighted by atomic mass is 9.77. The maximum atomic E-state index is 13.3. The van der Waals surface area contributed by atoms with Gasteiger partial charge >= 0.3 is 0 Å². The van der Waals surface area contributed by atoms with Crippen LogP contribution in [-0.2, 0) is 22.6 Å². The van der Waals surface area contributed by atoms with Crippen molar-refractivity contribution < 1.29 is 14.7 Å². The van der Waals surface area contributed by atoms with Crippen LogP contribution in [0.2, 0.25) is 0 Å². The SMILES string of the molecule is O=C(NCCCO)C1CCCCC1C(=O)N1CCc2c([nH]c3ccccc23)C1. The van der Waals surface area contributed by atoms with E-state index < -0.39 is 0 Å². The molecule has 150 valence electrons. The van der Waals surface area contributed by atoms with Crippen molar-refractivity contribution in [1.29, 1.82) is 0 Å². The van der Waals surface area contributed by atoms with Crippen LogP contribution < -0.4 is 5.32 Å². The Hall–Kier alpha value is -2.34. The maximum absolute atomic E-state index is 13.3. The molecule has 6 heteroatoms. The van der Waals surface area contributed by atoms with Crippen molar-refractivity contribution in [2.45, 2.75) is 45.1 Å². The van der Waals surface area contributed by atoms with E-state index in [2.05, 4.69) is 28.5 Å². The van der Waals surface area contributed by atoms with E-state index >= 15 is 0 Å². The Morgan fingerprint density at radius 2 is 1.96 bits per heavy atom. The van der Waals surface area contributed by atoms with Crippen molar-refractivity contribution in [2.75, 3.05) is 19.7 Å². The Balaban J connectivity index is 1.47. The fourth-order valence-electron chi connectivity index (χ4n) is 4.78. The van der Waals surface area contributed by atoms with Crippen molar-refractivity contribution in [2.24, 2.45) is 11.8 Å². The number of nitrogens with zero attached hydrogens (tertiary/aromatic N) is 1. The number of aliphatic hydroxyl groups excluding tert-OH is 1. The number of nitrogens with one attached hydrogen (secondary N) is 2. The van der Waals surface area contributed by atoms with Gasteiger partial charge in [-0.2, -0.15) is 0 Å². The van der Waals surface area contributed by atoms with Crippen molar-refractivity contribution in [3.05, 3.63) is 35.5 Å². The zero-order chi connectivity index (χ0) is 19.5. The standard InChI is InChI=1S/C22H29N3O3/c26-13-5-11-23-21(27)17-7-1-2-8-18(17)22(28)25-12-10-16-15-6-3-4-9-19(15)24-20(16)14-25/h3-4,6,9,17-18,24,26H,1-2,5,7-8,10-14H2,(H,23,27). The molecule has 6 nitrogen and oxygen atoms in total. The Labute approximate surface area is 165 Å². The first-order valence-electron chi connectivity index (χ1n) is 10.4. The number of aromatic amines is 1. The number of hydrogen-bond acceptors (Lipinski definition) is 3. The Morgan fingerprint density at radius 3 is 2.79 bits per heavy atom.